The zero-order valence-electron chi connectivity index (χ0n) is 27.8. The summed E-state index contributed by atoms with van der Waals surface area (Å²) in [5.74, 6) is -1.66. The van der Waals surface area contributed by atoms with Gasteiger partial charge in [0.15, 0.2) is 5.78 Å². The number of fused-ring (bicyclic) bond motifs is 2. The SMILES string of the molecule is CCCCCCCCC1=C2C[C@@H](C)C[C@H](C)[C@H](O)[C@@H](C)/C=C(\C)[C@H](OC(N)=O)[C@@H](C)/C=C\C=C(/C)C(=O)NC(=CC1=O)C2=O. The maximum absolute atomic E-state index is 13.8. The summed E-state index contributed by atoms with van der Waals surface area (Å²) in [6.45, 7) is 13.4. The third kappa shape index (κ3) is 11.0. The molecule has 6 atom stereocenters. The highest BCUT2D eigenvalue weighted by atomic mass is 16.6. The van der Waals surface area contributed by atoms with Crippen molar-refractivity contribution in [3.63, 3.8) is 0 Å². The number of ether oxygens (including phenoxy) is 1. The minimum absolute atomic E-state index is 0.00263. The van der Waals surface area contributed by atoms with Crippen LogP contribution in [0.25, 0.3) is 0 Å². The number of unbranched alkanes of at least 4 members (excludes halogenated alkanes) is 5. The van der Waals surface area contributed by atoms with Crippen LogP contribution in [-0.4, -0.2) is 40.9 Å². The average Bonchev–Trinajstić information content (AvgIpc) is 2.95. The largest absolute Gasteiger partial charge is 0.441 e. The second-order valence-corrected chi connectivity index (χ2v) is 12.9. The van der Waals surface area contributed by atoms with E-state index in [1.165, 1.54) is 12.5 Å². The summed E-state index contributed by atoms with van der Waals surface area (Å²) in [4.78, 5) is 51.9. The van der Waals surface area contributed by atoms with Crippen LogP contribution in [0.1, 0.15) is 106 Å². The molecule has 0 saturated heterocycles. The van der Waals surface area contributed by atoms with E-state index in [1.54, 1.807) is 25.2 Å². The van der Waals surface area contributed by atoms with E-state index in [0.29, 0.717) is 36.0 Å². The van der Waals surface area contributed by atoms with Gasteiger partial charge in [0.05, 0.1) is 11.8 Å². The molecule has 2 bridgehead atoms. The number of nitrogens with one attached hydrogen (secondary N) is 1. The molecule has 8 nitrogen and oxygen atoms in total. The number of ketones is 2. The van der Waals surface area contributed by atoms with Crippen molar-refractivity contribution in [2.24, 2.45) is 29.4 Å². The molecule has 1 aliphatic heterocycles. The summed E-state index contributed by atoms with van der Waals surface area (Å²) in [7, 11) is 0. The molecule has 2 rings (SSSR count). The molecular formula is C36H54N2O6. The van der Waals surface area contributed by atoms with E-state index in [-0.39, 0.29) is 40.9 Å². The first-order chi connectivity index (χ1) is 20.8. The number of amides is 2. The molecule has 2 aliphatic rings. The van der Waals surface area contributed by atoms with Gasteiger partial charge in [-0.1, -0.05) is 91.0 Å². The fourth-order valence-electron chi connectivity index (χ4n) is 6.24. The highest BCUT2D eigenvalue weighted by Gasteiger charge is 2.32. The van der Waals surface area contributed by atoms with Gasteiger partial charge in [0.2, 0.25) is 5.78 Å². The fourth-order valence-corrected chi connectivity index (χ4v) is 6.24. The van der Waals surface area contributed by atoms with Gasteiger partial charge < -0.3 is 20.9 Å². The first-order valence-corrected chi connectivity index (χ1v) is 16.3. The predicted octanol–water partition coefficient (Wildman–Crippen LogP) is 6.80. The van der Waals surface area contributed by atoms with Crippen LogP contribution in [0.3, 0.4) is 0 Å². The van der Waals surface area contributed by atoms with Crippen molar-refractivity contribution in [3.05, 3.63) is 58.4 Å². The van der Waals surface area contributed by atoms with Crippen LogP contribution in [0.5, 0.6) is 0 Å². The number of carbonyl (C=O) groups is 4. The number of aliphatic hydroxyl groups excluding tert-OH is 1. The van der Waals surface area contributed by atoms with Crippen molar-refractivity contribution in [2.45, 2.75) is 118 Å². The summed E-state index contributed by atoms with van der Waals surface area (Å²) in [6, 6.07) is 0. The molecule has 0 radical (unpaired) electrons. The Morgan fingerprint density at radius 3 is 2.34 bits per heavy atom. The number of aliphatic hydroxyl groups is 1. The monoisotopic (exact) mass is 610 g/mol. The van der Waals surface area contributed by atoms with E-state index in [2.05, 4.69) is 12.2 Å². The van der Waals surface area contributed by atoms with Crippen molar-refractivity contribution >= 4 is 23.6 Å². The summed E-state index contributed by atoms with van der Waals surface area (Å²) >= 11 is 0. The molecule has 0 saturated carbocycles. The number of allylic oxidation sites excluding steroid dienone is 5. The van der Waals surface area contributed by atoms with Crippen LogP contribution in [0, 0.1) is 23.7 Å². The fraction of sp³-hybridized carbons (Fsp3) is 0.611. The van der Waals surface area contributed by atoms with E-state index in [0.717, 1.165) is 37.7 Å². The number of rotatable bonds is 8. The Kier molecular flexibility index (Phi) is 15.0. The van der Waals surface area contributed by atoms with E-state index in [1.807, 2.05) is 40.7 Å². The van der Waals surface area contributed by atoms with Gasteiger partial charge in [-0.3, -0.25) is 14.4 Å². The van der Waals surface area contributed by atoms with E-state index in [9.17, 15) is 24.3 Å². The molecule has 8 heteroatoms. The molecular weight excluding hydrogens is 556 g/mol. The van der Waals surface area contributed by atoms with Crippen LogP contribution in [0.4, 0.5) is 4.79 Å². The Labute approximate surface area is 263 Å². The topological polar surface area (TPSA) is 136 Å². The van der Waals surface area contributed by atoms with E-state index in [4.69, 9.17) is 10.5 Å². The molecule has 0 aromatic rings. The lowest BCUT2D eigenvalue weighted by atomic mass is 9.80. The zero-order valence-corrected chi connectivity index (χ0v) is 27.8. The van der Waals surface area contributed by atoms with Gasteiger partial charge in [0, 0.05) is 34.6 Å². The van der Waals surface area contributed by atoms with E-state index >= 15 is 0 Å². The maximum atomic E-state index is 13.8. The van der Waals surface area contributed by atoms with Gasteiger partial charge in [-0.2, -0.15) is 0 Å². The quantitative estimate of drug-likeness (QED) is 0.157. The Morgan fingerprint density at radius 2 is 1.68 bits per heavy atom. The molecule has 0 aromatic heterocycles. The van der Waals surface area contributed by atoms with Gasteiger partial charge >= 0.3 is 6.09 Å². The van der Waals surface area contributed by atoms with Crippen molar-refractivity contribution in [1.29, 1.82) is 0 Å². The van der Waals surface area contributed by atoms with Gasteiger partial charge in [0.25, 0.3) is 5.91 Å². The molecule has 1 heterocycles. The number of carbonyl (C=O) groups excluding carboxylic acids is 4. The lowest BCUT2D eigenvalue weighted by molar-refractivity contribution is -0.120. The first-order valence-electron chi connectivity index (χ1n) is 16.3. The highest BCUT2D eigenvalue weighted by Crippen LogP contribution is 2.32. The number of Topliss-reactive ketones (excluding diaryl/α,β-unsaturated/α-hetero) is 1. The van der Waals surface area contributed by atoms with Gasteiger partial charge in [0.1, 0.15) is 6.10 Å². The molecule has 1 aliphatic carbocycles. The van der Waals surface area contributed by atoms with Gasteiger partial charge in [-0.25, -0.2) is 4.79 Å². The molecule has 4 N–H and O–H groups in total. The minimum atomic E-state index is -0.897. The van der Waals surface area contributed by atoms with Crippen LogP contribution in [-0.2, 0) is 19.1 Å². The molecule has 0 aromatic carbocycles. The normalized spacial score (nSPS) is 30.9. The van der Waals surface area contributed by atoms with Crippen LogP contribution in [0.15, 0.2) is 58.4 Å². The zero-order chi connectivity index (χ0) is 33.0. The van der Waals surface area contributed by atoms with Gasteiger partial charge in [-0.05, 0) is 56.9 Å². The molecule has 0 fully saturated rings. The lowest BCUT2D eigenvalue weighted by Gasteiger charge is -2.28. The van der Waals surface area contributed by atoms with Crippen LogP contribution < -0.4 is 11.1 Å². The number of primary amides is 1. The van der Waals surface area contributed by atoms with Crippen molar-refractivity contribution < 1.29 is 29.0 Å². The standard InChI is InChI=1S/C36H54N2O6/c1-8-9-10-11-12-13-17-28-29-19-22(2)18-25(5)32(40)26(6)20-27(7)34(44-36(37)43)23(3)15-14-16-24(4)35(42)38-30(33(29)41)21-31(28)39/h14-16,20-23,25-26,32,34,40H,8-13,17-19H2,1-7H3,(H2,37,43)(H,38,42)/b15-14-,24-16+,27-20+/t22-,23-,25-,26-,32-,34+/m0/s1. The Morgan fingerprint density at radius 1 is 1.02 bits per heavy atom. The Hall–Kier alpha value is -3.26. The molecule has 244 valence electrons. The third-order valence-electron chi connectivity index (χ3n) is 8.75. The number of hydrogen-bond acceptors (Lipinski definition) is 6. The van der Waals surface area contributed by atoms with Crippen LogP contribution in [0.2, 0.25) is 0 Å². The van der Waals surface area contributed by atoms with E-state index < -0.39 is 24.2 Å². The second kappa shape index (κ2) is 17.9. The molecule has 0 unspecified atom stereocenters. The van der Waals surface area contributed by atoms with Gasteiger partial charge in [-0.15, -0.1) is 0 Å². The molecule has 44 heavy (non-hydrogen) atoms. The molecule has 0 spiro atoms. The first kappa shape index (κ1) is 36.9. The van der Waals surface area contributed by atoms with Crippen molar-refractivity contribution in [1.82, 2.24) is 5.32 Å². The number of hydrogen-bond donors (Lipinski definition) is 3. The molecule has 2 amide bonds. The number of nitrogens with two attached hydrogens (primary N) is 1. The lowest BCUT2D eigenvalue weighted by Crippen LogP contribution is -2.33. The minimum Gasteiger partial charge on any atom is -0.441 e. The maximum Gasteiger partial charge on any atom is 0.405 e. The smallest absolute Gasteiger partial charge is 0.405 e. The van der Waals surface area contributed by atoms with Crippen molar-refractivity contribution in [2.75, 3.05) is 0 Å². The summed E-state index contributed by atoms with van der Waals surface area (Å²) in [6.07, 6.45) is 14.0. The van der Waals surface area contributed by atoms with Crippen molar-refractivity contribution in [3.8, 4) is 0 Å². The van der Waals surface area contributed by atoms with Crippen LogP contribution >= 0.6 is 0 Å². The Balaban J connectivity index is 2.47. The second-order valence-electron chi connectivity index (χ2n) is 12.9. The summed E-state index contributed by atoms with van der Waals surface area (Å²) in [5.41, 5.74) is 7.49. The Bertz CT molecular complexity index is 1210. The summed E-state index contributed by atoms with van der Waals surface area (Å²) in [5, 5.41) is 13.9. The highest BCUT2D eigenvalue weighted by molar-refractivity contribution is 6.23. The summed E-state index contributed by atoms with van der Waals surface area (Å²) < 4.78 is 5.44. The third-order valence-corrected chi connectivity index (χ3v) is 8.75. The predicted molar refractivity (Wildman–Crippen MR) is 174 cm³/mol. The average molecular weight is 611 g/mol.